The highest BCUT2D eigenvalue weighted by Gasteiger charge is 2.10. The molecule has 18 heavy (non-hydrogen) atoms. The number of halogens is 2. The largest absolute Gasteiger partial charge is 0.398 e. The Morgan fingerprint density at radius 2 is 2.17 bits per heavy atom. The van der Waals surface area contributed by atoms with Crippen LogP contribution in [0.5, 0.6) is 0 Å². The van der Waals surface area contributed by atoms with E-state index in [0.29, 0.717) is 12.4 Å². The van der Waals surface area contributed by atoms with Gasteiger partial charge in [0.25, 0.3) is 0 Å². The van der Waals surface area contributed by atoms with Crippen LogP contribution in [0.4, 0.5) is 0 Å². The molecule has 0 unspecified atom stereocenters. The van der Waals surface area contributed by atoms with Crippen molar-refractivity contribution in [3.63, 3.8) is 0 Å². The minimum Gasteiger partial charge on any atom is -0.398 e. The summed E-state index contributed by atoms with van der Waals surface area (Å²) in [5.74, 6) is 0.504. The summed E-state index contributed by atoms with van der Waals surface area (Å²) in [5, 5.41) is 4.02. The average Bonchev–Trinajstić information content (AvgIpc) is 2.79. The standard InChI is InChI=1S/C13H11ClN2S.ClH/c14-6-8-1-2-9-11(5-8)16-7-12-10(13(9)15)3-4-17-12;/h1-5H,6-7,15H2;1H. The monoisotopic (exact) mass is 298 g/mol. The fourth-order valence-corrected chi connectivity index (χ4v) is 3.00. The number of fused-ring (bicyclic) bond motifs is 2. The molecule has 0 radical (unpaired) electrons. The third-order valence-electron chi connectivity index (χ3n) is 2.94. The molecule has 2 heterocycles. The second kappa shape index (κ2) is 5.31. The van der Waals surface area contributed by atoms with E-state index in [2.05, 4.69) is 16.4 Å². The van der Waals surface area contributed by atoms with Gasteiger partial charge in [0.15, 0.2) is 0 Å². The van der Waals surface area contributed by atoms with Crippen molar-refractivity contribution < 1.29 is 0 Å². The van der Waals surface area contributed by atoms with Gasteiger partial charge < -0.3 is 5.73 Å². The molecule has 1 aliphatic heterocycles. The van der Waals surface area contributed by atoms with E-state index in [0.717, 1.165) is 27.4 Å². The number of alkyl halides is 1. The maximum Gasteiger partial charge on any atom is 0.0746 e. The molecule has 5 heteroatoms. The molecule has 0 bridgehead atoms. The fraction of sp³-hybridized carbons (Fsp3) is 0.154. The highest BCUT2D eigenvalue weighted by molar-refractivity contribution is 7.10. The van der Waals surface area contributed by atoms with Gasteiger partial charge in [0, 0.05) is 27.2 Å². The number of nitrogens with zero attached hydrogens (tertiary/aromatic N) is 1. The lowest BCUT2D eigenvalue weighted by Gasteiger charge is -1.99. The number of hydrogen-bond donors (Lipinski definition) is 1. The van der Waals surface area contributed by atoms with E-state index >= 15 is 0 Å². The Labute approximate surface area is 120 Å². The van der Waals surface area contributed by atoms with E-state index in [4.69, 9.17) is 17.3 Å². The van der Waals surface area contributed by atoms with Crippen LogP contribution < -0.4 is 16.3 Å². The van der Waals surface area contributed by atoms with E-state index < -0.39 is 0 Å². The smallest absolute Gasteiger partial charge is 0.0746 e. The van der Waals surface area contributed by atoms with Crippen molar-refractivity contribution in [2.75, 3.05) is 0 Å². The fourth-order valence-electron chi connectivity index (χ4n) is 2.02. The molecule has 3 rings (SSSR count). The van der Waals surface area contributed by atoms with Crippen molar-refractivity contribution >= 4 is 41.0 Å². The summed E-state index contributed by atoms with van der Waals surface area (Å²) in [6.45, 7) is 0.701. The van der Waals surface area contributed by atoms with Gasteiger partial charge in [-0.15, -0.1) is 35.3 Å². The molecule has 2 nitrogen and oxygen atoms in total. The number of nitrogens with two attached hydrogens (primary N) is 1. The third-order valence-corrected chi connectivity index (χ3v) is 4.15. The lowest BCUT2D eigenvalue weighted by Crippen LogP contribution is -2.29. The van der Waals surface area contributed by atoms with Gasteiger partial charge in [-0.25, -0.2) is 0 Å². The topological polar surface area (TPSA) is 38.4 Å². The number of hydrogen-bond acceptors (Lipinski definition) is 3. The molecular formula is C13H12Cl2N2S. The summed E-state index contributed by atoms with van der Waals surface area (Å²) in [6, 6.07) is 8.10. The maximum atomic E-state index is 6.22. The minimum atomic E-state index is 0. The molecular weight excluding hydrogens is 287 g/mol. The first kappa shape index (κ1) is 13.4. The maximum absolute atomic E-state index is 6.22. The molecule has 2 N–H and O–H groups in total. The Bertz CT molecular complexity index is 691. The molecule has 1 aromatic heterocycles. The van der Waals surface area contributed by atoms with Crippen LogP contribution in [0.25, 0.3) is 5.70 Å². The Morgan fingerprint density at radius 3 is 2.94 bits per heavy atom. The highest BCUT2D eigenvalue weighted by atomic mass is 35.5. The van der Waals surface area contributed by atoms with Gasteiger partial charge >= 0.3 is 0 Å². The van der Waals surface area contributed by atoms with Crippen LogP contribution in [0.2, 0.25) is 0 Å². The van der Waals surface area contributed by atoms with Crippen LogP contribution >= 0.6 is 35.3 Å². The Morgan fingerprint density at radius 1 is 1.33 bits per heavy atom. The molecule has 0 spiro atoms. The summed E-state index contributed by atoms with van der Waals surface area (Å²) in [5.41, 5.74) is 9.24. The van der Waals surface area contributed by atoms with E-state index in [1.807, 2.05) is 18.2 Å². The Balaban J connectivity index is 0.00000120. The molecule has 0 atom stereocenters. The minimum absolute atomic E-state index is 0. The van der Waals surface area contributed by atoms with E-state index in [9.17, 15) is 0 Å². The zero-order valence-electron chi connectivity index (χ0n) is 9.52. The molecule has 0 amide bonds. The first-order chi connectivity index (χ1) is 8.29. The van der Waals surface area contributed by atoms with Crippen molar-refractivity contribution in [1.29, 1.82) is 0 Å². The van der Waals surface area contributed by atoms with Gasteiger partial charge in [0.05, 0.1) is 11.9 Å². The molecule has 1 aliphatic rings. The van der Waals surface area contributed by atoms with Crippen molar-refractivity contribution in [2.45, 2.75) is 12.4 Å². The predicted octanol–water partition coefficient (Wildman–Crippen LogP) is 2.16. The summed E-state index contributed by atoms with van der Waals surface area (Å²) >= 11 is 7.54. The second-order valence-corrected chi connectivity index (χ2v) is 5.24. The average molecular weight is 299 g/mol. The highest BCUT2D eigenvalue weighted by Crippen LogP contribution is 2.21. The van der Waals surface area contributed by atoms with Crippen LogP contribution in [-0.2, 0) is 12.4 Å². The molecule has 0 fully saturated rings. The summed E-state index contributed by atoms with van der Waals surface area (Å²) in [4.78, 5) is 5.84. The summed E-state index contributed by atoms with van der Waals surface area (Å²) in [6.07, 6.45) is 0. The van der Waals surface area contributed by atoms with Crippen LogP contribution in [0.3, 0.4) is 0 Å². The summed E-state index contributed by atoms with van der Waals surface area (Å²) in [7, 11) is 0. The van der Waals surface area contributed by atoms with Crippen LogP contribution in [0.1, 0.15) is 16.0 Å². The van der Waals surface area contributed by atoms with Gasteiger partial charge in [-0.2, -0.15) is 0 Å². The SMILES string of the molecule is Cl.NC1=c2ccc(CCl)cc2=NCc2sccc21. The molecule has 2 aromatic rings. The number of rotatable bonds is 1. The summed E-state index contributed by atoms with van der Waals surface area (Å²) < 4.78 is 0. The van der Waals surface area contributed by atoms with E-state index in [-0.39, 0.29) is 12.4 Å². The molecule has 0 saturated heterocycles. The normalized spacial score (nSPS) is 12.8. The van der Waals surface area contributed by atoms with Gasteiger partial charge in [-0.1, -0.05) is 12.1 Å². The van der Waals surface area contributed by atoms with Crippen molar-refractivity contribution in [2.24, 2.45) is 10.7 Å². The molecule has 1 aromatic carbocycles. The zero-order chi connectivity index (χ0) is 11.8. The quantitative estimate of drug-likeness (QED) is 0.805. The van der Waals surface area contributed by atoms with Gasteiger partial charge in [-0.05, 0) is 23.1 Å². The van der Waals surface area contributed by atoms with E-state index in [1.165, 1.54) is 4.88 Å². The van der Waals surface area contributed by atoms with Gasteiger partial charge in [0.2, 0.25) is 0 Å². The Hall–Kier alpha value is -1.03. The molecule has 0 saturated carbocycles. The van der Waals surface area contributed by atoms with Crippen molar-refractivity contribution in [3.8, 4) is 0 Å². The molecule has 0 aliphatic carbocycles. The zero-order valence-corrected chi connectivity index (χ0v) is 11.9. The van der Waals surface area contributed by atoms with Crippen molar-refractivity contribution in [1.82, 2.24) is 0 Å². The van der Waals surface area contributed by atoms with Gasteiger partial charge in [-0.3, -0.25) is 4.99 Å². The second-order valence-electron chi connectivity index (χ2n) is 3.97. The first-order valence-electron chi connectivity index (χ1n) is 5.35. The predicted molar refractivity (Wildman–Crippen MR) is 78.7 cm³/mol. The van der Waals surface area contributed by atoms with E-state index in [1.54, 1.807) is 11.3 Å². The number of benzene rings is 1. The molecule has 94 valence electrons. The third kappa shape index (κ3) is 2.14. The van der Waals surface area contributed by atoms with Crippen molar-refractivity contribution in [3.05, 3.63) is 56.2 Å². The van der Waals surface area contributed by atoms with Gasteiger partial charge in [0.1, 0.15) is 0 Å². The lowest BCUT2D eigenvalue weighted by molar-refractivity contribution is 1.03. The Kier molecular flexibility index (Phi) is 3.95. The van der Waals surface area contributed by atoms with Crippen LogP contribution in [-0.4, -0.2) is 0 Å². The van der Waals surface area contributed by atoms with Crippen LogP contribution in [0, 0.1) is 0 Å². The van der Waals surface area contributed by atoms with Crippen LogP contribution in [0.15, 0.2) is 34.6 Å². The lowest BCUT2D eigenvalue weighted by atomic mass is 10.1. The number of thiophene rings is 1. The first-order valence-corrected chi connectivity index (χ1v) is 6.77.